The van der Waals surface area contributed by atoms with E-state index in [1.807, 2.05) is 0 Å². The van der Waals surface area contributed by atoms with Crippen molar-refractivity contribution >= 4 is 11.9 Å². The van der Waals surface area contributed by atoms with Gasteiger partial charge in [0.15, 0.2) is 6.23 Å². The summed E-state index contributed by atoms with van der Waals surface area (Å²) in [4.78, 5) is 26.6. The number of esters is 1. The van der Waals surface area contributed by atoms with Crippen LogP contribution in [0.3, 0.4) is 0 Å². The molecule has 0 aromatic carbocycles. The number of aliphatic hydroxyl groups is 3. The van der Waals surface area contributed by atoms with Gasteiger partial charge in [-0.15, -0.1) is 5.10 Å². The van der Waals surface area contributed by atoms with Crippen molar-refractivity contribution in [3.63, 3.8) is 0 Å². The van der Waals surface area contributed by atoms with E-state index >= 15 is 0 Å². The molecular weight excluding hydrogens is 338 g/mol. The molecule has 2 aliphatic rings. The average molecular weight is 357 g/mol. The Balaban J connectivity index is 1.58. The normalized spacial score (nSPS) is 35.0. The molecule has 25 heavy (non-hydrogen) atoms. The van der Waals surface area contributed by atoms with E-state index in [9.17, 15) is 24.9 Å². The molecule has 0 saturated carbocycles. The maximum Gasteiger partial charge on any atom is 0.323 e. The zero-order valence-corrected chi connectivity index (χ0v) is 13.1. The molecule has 6 atom stereocenters. The Morgan fingerprint density at radius 2 is 2.16 bits per heavy atom. The Hall–Kier alpha value is -2.12. The monoisotopic (exact) mass is 357 g/mol. The van der Waals surface area contributed by atoms with Crippen LogP contribution in [-0.4, -0.2) is 85.6 Å². The van der Waals surface area contributed by atoms with Gasteiger partial charge >= 0.3 is 5.97 Å². The first kappa shape index (κ1) is 17.7. The molecule has 2 aliphatic heterocycles. The van der Waals surface area contributed by atoms with E-state index in [1.54, 1.807) is 0 Å². The standard InChI is InChI=1S/C13H19N5O7/c14-10(22)11-16-4-18(17-11)12-9(21)8(20)7(25-12)3-24-13(23)6-1-5(19)2-15-6/h4-9,12,15,19-21H,1-3H2,(H2,14,22)/t5-,6+,7-,8-,9-,12-/m1/s1. The fraction of sp³-hybridized carbons (Fsp3) is 0.692. The number of carbonyl (C=O) groups excluding carboxylic acids is 2. The van der Waals surface area contributed by atoms with E-state index in [0.29, 0.717) is 6.54 Å². The Labute approximate surface area is 141 Å². The van der Waals surface area contributed by atoms with E-state index in [1.165, 1.54) is 0 Å². The van der Waals surface area contributed by atoms with Gasteiger partial charge in [-0.3, -0.25) is 9.59 Å². The molecule has 0 radical (unpaired) electrons. The van der Waals surface area contributed by atoms with Gasteiger partial charge in [0.2, 0.25) is 5.82 Å². The van der Waals surface area contributed by atoms with E-state index in [-0.39, 0.29) is 18.9 Å². The summed E-state index contributed by atoms with van der Waals surface area (Å²) in [7, 11) is 0. The van der Waals surface area contributed by atoms with Crippen LogP contribution in [0.25, 0.3) is 0 Å². The van der Waals surface area contributed by atoms with Gasteiger partial charge in [0, 0.05) is 13.0 Å². The highest BCUT2D eigenvalue weighted by atomic mass is 16.6. The number of primary amides is 1. The minimum absolute atomic E-state index is 0.243. The highest BCUT2D eigenvalue weighted by Gasteiger charge is 2.45. The maximum atomic E-state index is 11.9. The Bertz CT molecular complexity index is 652. The second-order valence-electron chi connectivity index (χ2n) is 5.94. The number of hydrogen-bond donors (Lipinski definition) is 5. The van der Waals surface area contributed by atoms with Crippen LogP contribution in [-0.2, 0) is 14.3 Å². The van der Waals surface area contributed by atoms with Crippen LogP contribution in [0.15, 0.2) is 6.33 Å². The van der Waals surface area contributed by atoms with E-state index in [2.05, 4.69) is 15.4 Å². The summed E-state index contributed by atoms with van der Waals surface area (Å²) < 4.78 is 11.6. The van der Waals surface area contributed by atoms with Crippen LogP contribution in [0, 0.1) is 0 Å². The summed E-state index contributed by atoms with van der Waals surface area (Å²) in [6, 6.07) is -0.622. The number of aromatic nitrogens is 3. The van der Waals surface area contributed by atoms with Crippen molar-refractivity contribution in [3.8, 4) is 0 Å². The summed E-state index contributed by atoms with van der Waals surface area (Å²) >= 11 is 0. The maximum absolute atomic E-state index is 11.9. The highest BCUT2D eigenvalue weighted by Crippen LogP contribution is 2.29. The predicted molar refractivity (Wildman–Crippen MR) is 77.8 cm³/mol. The molecule has 1 aromatic heterocycles. The summed E-state index contributed by atoms with van der Waals surface area (Å²) in [6.07, 6.45) is -4.02. The van der Waals surface area contributed by atoms with Crippen LogP contribution in [0.1, 0.15) is 23.3 Å². The number of amides is 1. The van der Waals surface area contributed by atoms with Crippen molar-refractivity contribution in [1.82, 2.24) is 20.1 Å². The first-order valence-electron chi connectivity index (χ1n) is 7.67. The second kappa shape index (κ2) is 7.01. The molecule has 3 heterocycles. The van der Waals surface area contributed by atoms with Gasteiger partial charge in [-0.05, 0) is 0 Å². The quantitative estimate of drug-likeness (QED) is 0.328. The zero-order valence-electron chi connectivity index (χ0n) is 13.1. The highest BCUT2D eigenvalue weighted by molar-refractivity contribution is 5.88. The Kier molecular flexibility index (Phi) is 4.96. The molecular formula is C13H19N5O7. The summed E-state index contributed by atoms with van der Waals surface area (Å²) in [5, 5.41) is 36.1. The molecule has 12 nitrogen and oxygen atoms in total. The zero-order chi connectivity index (χ0) is 18.1. The van der Waals surface area contributed by atoms with Crippen molar-refractivity contribution in [3.05, 3.63) is 12.2 Å². The molecule has 0 bridgehead atoms. The van der Waals surface area contributed by atoms with Gasteiger partial charge in [-0.2, -0.15) is 0 Å². The van der Waals surface area contributed by atoms with Gasteiger partial charge in [-0.25, -0.2) is 9.67 Å². The Morgan fingerprint density at radius 1 is 1.40 bits per heavy atom. The van der Waals surface area contributed by atoms with Crippen molar-refractivity contribution in [2.45, 2.75) is 43.1 Å². The predicted octanol–water partition coefficient (Wildman–Crippen LogP) is -3.74. The number of nitrogens with zero attached hydrogens (tertiary/aromatic N) is 3. The fourth-order valence-corrected chi connectivity index (χ4v) is 2.76. The molecule has 12 heteroatoms. The summed E-state index contributed by atoms with van der Waals surface area (Å²) in [5.74, 6) is -1.68. The molecule has 1 amide bonds. The molecule has 3 rings (SSSR count). The third kappa shape index (κ3) is 3.62. The van der Waals surface area contributed by atoms with Crippen LogP contribution in [0.2, 0.25) is 0 Å². The lowest BCUT2D eigenvalue weighted by molar-refractivity contribution is -0.152. The number of carbonyl (C=O) groups is 2. The van der Waals surface area contributed by atoms with Crippen molar-refractivity contribution in [2.24, 2.45) is 5.73 Å². The topological polar surface area (TPSA) is 182 Å². The smallest absolute Gasteiger partial charge is 0.323 e. The number of ether oxygens (including phenoxy) is 2. The number of β-amino-alcohol motifs (C(OH)–C–C–N with tert-alkyl or cyclic N) is 1. The van der Waals surface area contributed by atoms with Gasteiger partial charge in [-0.1, -0.05) is 0 Å². The van der Waals surface area contributed by atoms with Crippen LogP contribution in [0.4, 0.5) is 0 Å². The first-order chi connectivity index (χ1) is 11.9. The fourth-order valence-electron chi connectivity index (χ4n) is 2.76. The molecule has 6 N–H and O–H groups in total. The molecule has 0 unspecified atom stereocenters. The lowest BCUT2D eigenvalue weighted by atomic mass is 10.1. The molecule has 138 valence electrons. The second-order valence-corrected chi connectivity index (χ2v) is 5.94. The average Bonchev–Trinajstić information content (AvgIpc) is 3.27. The van der Waals surface area contributed by atoms with Crippen molar-refractivity contribution < 1.29 is 34.4 Å². The van der Waals surface area contributed by atoms with E-state index < -0.39 is 48.6 Å². The third-order valence-corrected chi connectivity index (χ3v) is 4.11. The van der Waals surface area contributed by atoms with Gasteiger partial charge in [0.25, 0.3) is 5.91 Å². The van der Waals surface area contributed by atoms with Gasteiger partial charge in [0.1, 0.15) is 37.3 Å². The molecule has 1 aromatic rings. The summed E-state index contributed by atoms with van der Waals surface area (Å²) in [5.41, 5.74) is 5.05. The van der Waals surface area contributed by atoms with Crippen molar-refractivity contribution in [2.75, 3.05) is 13.2 Å². The van der Waals surface area contributed by atoms with Crippen LogP contribution < -0.4 is 11.1 Å². The van der Waals surface area contributed by atoms with Crippen LogP contribution >= 0.6 is 0 Å². The van der Waals surface area contributed by atoms with Crippen molar-refractivity contribution in [1.29, 1.82) is 0 Å². The number of nitrogens with two attached hydrogens (primary N) is 1. The van der Waals surface area contributed by atoms with Gasteiger partial charge in [0.05, 0.1) is 6.10 Å². The summed E-state index contributed by atoms with van der Waals surface area (Å²) in [6.45, 7) is 0.0107. The van der Waals surface area contributed by atoms with Crippen LogP contribution in [0.5, 0.6) is 0 Å². The largest absolute Gasteiger partial charge is 0.462 e. The lowest BCUT2D eigenvalue weighted by Gasteiger charge is -2.16. The lowest BCUT2D eigenvalue weighted by Crippen LogP contribution is -2.37. The number of nitrogens with one attached hydrogen (secondary N) is 1. The minimum atomic E-state index is -1.36. The molecule has 2 saturated heterocycles. The van der Waals surface area contributed by atoms with E-state index in [4.69, 9.17) is 15.2 Å². The number of aliphatic hydroxyl groups excluding tert-OH is 3. The first-order valence-corrected chi connectivity index (χ1v) is 7.67. The SMILES string of the molecule is NC(=O)c1ncn([C@@H]2O[C@H](COC(=O)[C@@H]3C[C@@H](O)CN3)[C@@H](O)[C@H]2O)n1. The minimum Gasteiger partial charge on any atom is -0.462 e. The van der Waals surface area contributed by atoms with Gasteiger partial charge < -0.3 is 35.8 Å². The number of rotatable bonds is 5. The Morgan fingerprint density at radius 3 is 2.76 bits per heavy atom. The molecule has 0 aliphatic carbocycles. The molecule has 0 spiro atoms. The third-order valence-electron chi connectivity index (χ3n) is 4.11. The van der Waals surface area contributed by atoms with E-state index in [0.717, 1.165) is 11.0 Å². The number of hydrogen-bond acceptors (Lipinski definition) is 10. The molecule has 2 fully saturated rings.